The van der Waals surface area contributed by atoms with Crippen molar-refractivity contribution in [3.63, 3.8) is 0 Å². The normalized spacial score (nSPS) is 11.1. The third-order valence-electron chi connectivity index (χ3n) is 6.04. The number of hydrogen-bond acceptors (Lipinski definition) is 5. The van der Waals surface area contributed by atoms with Gasteiger partial charge < -0.3 is 14.6 Å². The minimum Gasteiger partial charge on any atom is -0.478 e. The predicted octanol–water partition coefficient (Wildman–Crippen LogP) is 7.69. The van der Waals surface area contributed by atoms with Gasteiger partial charge in [0.15, 0.2) is 0 Å². The Hall–Kier alpha value is -2.37. The van der Waals surface area contributed by atoms with Crippen LogP contribution in [0.5, 0.6) is 0 Å². The van der Waals surface area contributed by atoms with Gasteiger partial charge in [0.05, 0.1) is 29.9 Å². The van der Waals surface area contributed by atoms with Gasteiger partial charge in [-0.3, -0.25) is 0 Å². The zero-order chi connectivity index (χ0) is 26.1. The summed E-state index contributed by atoms with van der Waals surface area (Å²) in [6.07, 6.45) is 12.8. The molecule has 0 bridgehead atoms. The summed E-state index contributed by atoms with van der Waals surface area (Å²) in [4.78, 5) is 37.0. The minimum absolute atomic E-state index is 0.117. The molecule has 0 heterocycles. The first-order valence-corrected chi connectivity index (χ1v) is 13.4. The van der Waals surface area contributed by atoms with Gasteiger partial charge in [0, 0.05) is 0 Å². The second kappa shape index (κ2) is 18.0. The molecule has 1 N–H and O–H groups in total. The zero-order valence-electron chi connectivity index (χ0n) is 22.3. The van der Waals surface area contributed by atoms with E-state index in [0.29, 0.717) is 0 Å². The fourth-order valence-corrected chi connectivity index (χ4v) is 3.98. The number of aromatic carboxylic acids is 1. The van der Waals surface area contributed by atoms with E-state index in [1.54, 1.807) is 0 Å². The molecule has 0 saturated carbocycles. The first-order valence-electron chi connectivity index (χ1n) is 13.4. The molecule has 0 aliphatic carbocycles. The Bertz CT molecular complexity index is 714. The van der Waals surface area contributed by atoms with E-state index in [4.69, 9.17) is 9.47 Å². The van der Waals surface area contributed by atoms with Crippen LogP contribution in [0, 0.1) is 11.8 Å². The van der Waals surface area contributed by atoms with Crippen LogP contribution in [-0.4, -0.2) is 36.2 Å². The number of ether oxygens (including phenoxy) is 2. The van der Waals surface area contributed by atoms with E-state index < -0.39 is 17.9 Å². The third-order valence-corrected chi connectivity index (χ3v) is 6.04. The number of benzene rings is 1. The Morgan fingerprint density at radius 2 is 1.03 bits per heavy atom. The van der Waals surface area contributed by atoms with Gasteiger partial charge in [0.1, 0.15) is 0 Å². The smallest absolute Gasteiger partial charge is 0.339 e. The highest BCUT2D eigenvalue weighted by Gasteiger charge is 2.25. The fourth-order valence-electron chi connectivity index (χ4n) is 3.98. The molecule has 0 aromatic heterocycles. The molecule has 0 saturated heterocycles. The summed E-state index contributed by atoms with van der Waals surface area (Å²) in [6, 6.07) is 4.25. The number of esters is 2. The molecule has 0 aliphatic rings. The number of hydrogen-bond donors (Lipinski definition) is 1. The van der Waals surface area contributed by atoms with Gasteiger partial charge in [0.2, 0.25) is 0 Å². The van der Waals surface area contributed by atoms with Crippen molar-refractivity contribution in [3.8, 4) is 0 Å². The van der Waals surface area contributed by atoms with Crippen molar-refractivity contribution in [1.29, 1.82) is 0 Å². The van der Waals surface area contributed by atoms with Crippen molar-refractivity contribution in [1.82, 2.24) is 0 Å². The van der Waals surface area contributed by atoms with Crippen LogP contribution in [0.3, 0.4) is 0 Å². The molecule has 1 rings (SSSR count). The maximum atomic E-state index is 12.5. The van der Waals surface area contributed by atoms with E-state index in [0.717, 1.165) is 63.2 Å². The van der Waals surface area contributed by atoms with Gasteiger partial charge in [-0.2, -0.15) is 0 Å². The van der Waals surface area contributed by atoms with Gasteiger partial charge in [-0.25, -0.2) is 14.4 Å². The maximum absolute atomic E-state index is 12.5. The first-order chi connectivity index (χ1) is 16.7. The Morgan fingerprint density at radius 3 is 1.40 bits per heavy atom. The Kier molecular flexibility index (Phi) is 15.7. The average Bonchev–Trinajstić information content (AvgIpc) is 2.81. The topological polar surface area (TPSA) is 89.9 Å². The molecule has 6 heteroatoms. The van der Waals surface area contributed by atoms with Crippen molar-refractivity contribution in [3.05, 3.63) is 34.9 Å². The molecule has 0 radical (unpaired) electrons. The second-order valence-corrected chi connectivity index (χ2v) is 10.2. The lowest BCUT2D eigenvalue weighted by Gasteiger charge is -2.11. The summed E-state index contributed by atoms with van der Waals surface area (Å²) >= 11 is 0. The first kappa shape index (κ1) is 30.7. The maximum Gasteiger partial charge on any atom is 0.339 e. The van der Waals surface area contributed by atoms with Crippen LogP contribution in [0.25, 0.3) is 0 Å². The van der Waals surface area contributed by atoms with E-state index in [-0.39, 0.29) is 29.9 Å². The molecule has 0 spiro atoms. The Morgan fingerprint density at radius 1 is 0.657 bits per heavy atom. The summed E-state index contributed by atoms with van der Waals surface area (Å²) in [5, 5.41) is 9.69. The van der Waals surface area contributed by atoms with E-state index in [9.17, 15) is 19.5 Å². The summed E-state index contributed by atoms with van der Waals surface area (Å²) in [5.74, 6) is -1.36. The lowest BCUT2D eigenvalue weighted by Crippen LogP contribution is -2.18. The van der Waals surface area contributed by atoms with Crippen molar-refractivity contribution in [2.24, 2.45) is 11.8 Å². The van der Waals surface area contributed by atoms with E-state index in [1.165, 1.54) is 43.9 Å². The third kappa shape index (κ3) is 13.3. The molecule has 0 atom stereocenters. The molecule has 0 aliphatic heterocycles. The van der Waals surface area contributed by atoms with Crippen LogP contribution in [0.1, 0.15) is 136 Å². The molecular formula is C29H46O6. The van der Waals surface area contributed by atoms with Crippen LogP contribution in [0.4, 0.5) is 0 Å². The lowest BCUT2D eigenvalue weighted by atomic mass is 10.0. The van der Waals surface area contributed by atoms with E-state index in [2.05, 4.69) is 27.7 Å². The fraction of sp³-hybridized carbons (Fsp3) is 0.690. The summed E-state index contributed by atoms with van der Waals surface area (Å²) in [6.45, 7) is 9.33. The van der Waals surface area contributed by atoms with E-state index >= 15 is 0 Å². The molecule has 0 unspecified atom stereocenters. The molecule has 35 heavy (non-hydrogen) atoms. The number of carbonyl (C=O) groups is 3. The minimum atomic E-state index is -1.35. The molecule has 1 aromatic carbocycles. The molecule has 0 amide bonds. The molecule has 6 nitrogen and oxygen atoms in total. The highest BCUT2D eigenvalue weighted by Crippen LogP contribution is 2.19. The van der Waals surface area contributed by atoms with Crippen molar-refractivity contribution < 1.29 is 29.0 Å². The number of rotatable bonds is 19. The quantitative estimate of drug-likeness (QED) is 0.158. The number of unbranched alkanes of at least 4 members (excludes halogenated alkanes) is 8. The zero-order valence-corrected chi connectivity index (χ0v) is 22.3. The van der Waals surface area contributed by atoms with Crippen molar-refractivity contribution in [2.45, 2.75) is 105 Å². The molecular weight excluding hydrogens is 444 g/mol. The summed E-state index contributed by atoms with van der Waals surface area (Å²) in [5.41, 5.74) is -0.590. The van der Waals surface area contributed by atoms with Crippen LogP contribution < -0.4 is 0 Å². The average molecular weight is 491 g/mol. The Balaban J connectivity index is 2.49. The summed E-state index contributed by atoms with van der Waals surface area (Å²) < 4.78 is 10.6. The van der Waals surface area contributed by atoms with E-state index in [1.807, 2.05) is 0 Å². The largest absolute Gasteiger partial charge is 0.478 e. The number of carbonyl (C=O) groups excluding carboxylic acids is 2. The van der Waals surface area contributed by atoms with Crippen molar-refractivity contribution >= 4 is 17.9 Å². The van der Waals surface area contributed by atoms with Crippen LogP contribution in [0.2, 0.25) is 0 Å². The summed E-state index contributed by atoms with van der Waals surface area (Å²) in [7, 11) is 0. The Labute approximate surface area is 211 Å². The SMILES string of the molecule is CC(C)CCCCCCCOC(=O)c1cccc(C(=O)OCCCCCCCC(C)C)c1C(=O)O. The molecule has 198 valence electrons. The van der Waals surface area contributed by atoms with Gasteiger partial charge in [-0.1, -0.05) is 98.0 Å². The van der Waals surface area contributed by atoms with Gasteiger partial charge >= 0.3 is 17.9 Å². The number of carboxylic acid groups (broad SMARTS) is 1. The molecule has 1 aromatic rings. The number of carboxylic acids is 1. The monoisotopic (exact) mass is 490 g/mol. The second-order valence-electron chi connectivity index (χ2n) is 10.2. The highest BCUT2D eigenvalue weighted by atomic mass is 16.5. The highest BCUT2D eigenvalue weighted by molar-refractivity contribution is 6.09. The molecule has 0 fully saturated rings. The van der Waals surface area contributed by atoms with Crippen LogP contribution >= 0.6 is 0 Å². The van der Waals surface area contributed by atoms with Gasteiger partial charge in [-0.15, -0.1) is 0 Å². The van der Waals surface area contributed by atoms with Crippen LogP contribution in [0.15, 0.2) is 18.2 Å². The lowest BCUT2D eigenvalue weighted by molar-refractivity contribution is 0.0476. The van der Waals surface area contributed by atoms with Crippen molar-refractivity contribution in [2.75, 3.05) is 13.2 Å². The predicted molar refractivity (Wildman–Crippen MR) is 139 cm³/mol. The standard InChI is InChI=1S/C29H46O6/c1-22(2)16-11-7-5-9-13-20-34-28(32)24-18-15-19-25(26(24)27(30)31)29(33)35-21-14-10-6-8-12-17-23(3)4/h15,18-19,22-23H,5-14,16-17,20-21H2,1-4H3,(H,30,31). The van der Waals surface area contributed by atoms with Crippen LogP contribution in [-0.2, 0) is 9.47 Å². The van der Waals surface area contributed by atoms with Gasteiger partial charge in [-0.05, 0) is 36.8 Å². The van der Waals surface area contributed by atoms with Gasteiger partial charge in [0.25, 0.3) is 0 Å².